The van der Waals surface area contributed by atoms with Crippen molar-refractivity contribution in [2.75, 3.05) is 0 Å². The number of carbonyl (C=O) groups excluding carboxylic acids is 1. The number of hydrogen-bond donors (Lipinski definition) is 1. The number of rotatable bonds is 2. The predicted octanol–water partition coefficient (Wildman–Crippen LogP) is 3.84. The van der Waals surface area contributed by atoms with Crippen LogP contribution in [-0.2, 0) is 4.79 Å². The molecular formula is C21H13ClN2O4. The van der Waals surface area contributed by atoms with E-state index in [2.05, 4.69) is 11.4 Å². The van der Waals surface area contributed by atoms with Gasteiger partial charge < -0.3 is 9.15 Å². The fourth-order valence-corrected chi connectivity index (χ4v) is 3.41. The van der Waals surface area contributed by atoms with Crippen LogP contribution in [0.3, 0.4) is 0 Å². The molecule has 0 fully saturated rings. The maximum atomic E-state index is 12.8. The smallest absolute Gasteiger partial charge is 0.344 e. The Bertz CT molecular complexity index is 1240. The molecule has 1 N–H and O–H groups in total. The minimum atomic E-state index is -0.770. The Labute approximate surface area is 164 Å². The number of benzene rings is 2. The van der Waals surface area contributed by atoms with E-state index in [0.717, 1.165) is 0 Å². The van der Waals surface area contributed by atoms with E-state index in [1.165, 1.54) is 6.92 Å². The Morgan fingerprint density at radius 1 is 1.18 bits per heavy atom. The van der Waals surface area contributed by atoms with E-state index in [9.17, 15) is 14.9 Å². The molecule has 0 radical (unpaired) electrons. The van der Waals surface area contributed by atoms with Gasteiger partial charge in [-0.15, -0.1) is 0 Å². The third-order valence-electron chi connectivity index (χ3n) is 4.44. The van der Waals surface area contributed by atoms with E-state index >= 15 is 0 Å². The molecule has 4 rings (SSSR count). The third kappa shape index (κ3) is 2.92. The van der Waals surface area contributed by atoms with E-state index < -0.39 is 17.5 Å². The molecule has 1 aromatic heterocycles. The number of para-hydroxylation sites is 1. The van der Waals surface area contributed by atoms with Gasteiger partial charge in [0.1, 0.15) is 17.2 Å². The zero-order valence-electron chi connectivity index (χ0n) is 14.7. The van der Waals surface area contributed by atoms with Gasteiger partial charge in [-0.2, -0.15) is 5.26 Å². The van der Waals surface area contributed by atoms with Gasteiger partial charge in [0, 0.05) is 11.9 Å². The highest BCUT2D eigenvalue weighted by atomic mass is 35.5. The van der Waals surface area contributed by atoms with Gasteiger partial charge in [-0.05, 0) is 29.8 Å². The summed E-state index contributed by atoms with van der Waals surface area (Å²) in [5.74, 6) is -0.908. The van der Waals surface area contributed by atoms with Crippen molar-refractivity contribution in [3.8, 4) is 11.8 Å². The number of allylic oxidation sites excluding steroid dienone is 1. The SMILES string of the molecule is CC(=O)NC1=C(C#N)C(c2ccc(Cl)cc2)c2c(c3ccccc3oc2=O)O1. The van der Waals surface area contributed by atoms with E-state index in [1.54, 1.807) is 48.5 Å². The molecule has 2 aromatic carbocycles. The summed E-state index contributed by atoms with van der Waals surface area (Å²) in [6.45, 7) is 1.32. The van der Waals surface area contributed by atoms with Gasteiger partial charge in [-0.3, -0.25) is 10.1 Å². The van der Waals surface area contributed by atoms with Gasteiger partial charge in [-0.25, -0.2) is 4.79 Å². The Morgan fingerprint density at radius 3 is 2.57 bits per heavy atom. The first kappa shape index (κ1) is 17.8. The van der Waals surface area contributed by atoms with Crippen LogP contribution in [0.25, 0.3) is 11.0 Å². The largest absolute Gasteiger partial charge is 0.438 e. The average Bonchev–Trinajstić information content (AvgIpc) is 2.67. The van der Waals surface area contributed by atoms with E-state index in [4.69, 9.17) is 20.8 Å². The number of nitriles is 1. The minimum Gasteiger partial charge on any atom is -0.438 e. The van der Waals surface area contributed by atoms with Crippen molar-refractivity contribution in [1.29, 1.82) is 5.26 Å². The number of hydrogen-bond acceptors (Lipinski definition) is 5. The minimum absolute atomic E-state index is 0.00166. The number of fused-ring (bicyclic) bond motifs is 3. The van der Waals surface area contributed by atoms with Crippen LogP contribution in [0.15, 0.2) is 69.2 Å². The van der Waals surface area contributed by atoms with Crippen molar-refractivity contribution in [2.24, 2.45) is 0 Å². The summed E-state index contributed by atoms with van der Waals surface area (Å²) < 4.78 is 11.3. The van der Waals surface area contributed by atoms with Gasteiger partial charge in [0.15, 0.2) is 5.75 Å². The van der Waals surface area contributed by atoms with Crippen LogP contribution >= 0.6 is 11.6 Å². The molecule has 1 amide bonds. The van der Waals surface area contributed by atoms with Crippen molar-refractivity contribution in [3.05, 3.63) is 86.6 Å². The van der Waals surface area contributed by atoms with Crippen LogP contribution in [0.1, 0.15) is 24.0 Å². The summed E-state index contributed by atoms with van der Waals surface area (Å²) in [5, 5.41) is 13.4. The lowest BCUT2D eigenvalue weighted by molar-refractivity contribution is -0.118. The van der Waals surface area contributed by atoms with Gasteiger partial charge in [0.2, 0.25) is 11.8 Å². The fraction of sp³-hybridized carbons (Fsp3) is 0.0952. The molecule has 2 heterocycles. The number of amides is 1. The maximum Gasteiger partial charge on any atom is 0.344 e. The third-order valence-corrected chi connectivity index (χ3v) is 4.69. The second kappa shape index (κ2) is 6.87. The first-order chi connectivity index (χ1) is 13.5. The molecule has 28 heavy (non-hydrogen) atoms. The Morgan fingerprint density at radius 2 is 1.89 bits per heavy atom. The van der Waals surface area contributed by atoms with Crippen molar-refractivity contribution in [3.63, 3.8) is 0 Å². The molecule has 138 valence electrons. The Hall–Kier alpha value is -3.56. The average molecular weight is 393 g/mol. The number of ether oxygens (including phenoxy) is 1. The van der Waals surface area contributed by atoms with Crippen LogP contribution in [0.5, 0.6) is 5.75 Å². The van der Waals surface area contributed by atoms with Crippen molar-refractivity contribution in [1.82, 2.24) is 5.32 Å². The van der Waals surface area contributed by atoms with Crippen LogP contribution < -0.4 is 15.7 Å². The Kier molecular flexibility index (Phi) is 4.38. The molecule has 1 aliphatic heterocycles. The number of halogens is 1. The fourth-order valence-electron chi connectivity index (χ4n) is 3.28. The second-order valence-electron chi connectivity index (χ2n) is 6.25. The molecule has 1 unspecified atom stereocenters. The molecule has 0 saturated heterocycles. The quantitative estimate of drug-likeness (QED) is 0.669. The molecule has 1 atom stereocenters. The van der Waals surface area contributed by atoms with E-state index in [1.807, 2.05) is 0 Å². The summed E-state index contributed by atoms with van der Waals surface area (Å²) in [4.78, 5) is 24.5. The highest BCUT2D eigenvalue weighted by Gasteiger charge is 2.36. The molecule has 7 heteroatoms. The van der Waals surface area contributed by atoms with Crippen LogP contribution in [-0.4, -0.2) is 5.91 Å². The molecule has 0 bridgehead atoms. The van der Waals surface area contributed by atoms with E-state index in [-0.39, 0.29) is 22.8 Å². The van der Waals surface area contributed by atoms with Crippen LogP contribution in [0, 0.1) is 11.3 Å². The van der Waals surface area contributed by atoms with Crippen molar-refractivity contribution >= 4 is 28.5 Å². The molecular weight excluding hydrogens is 380 g/mol. The molecule has 0 saturated carbocycles. The van der Waals surface area contributed by atoms with E-state index in [0.29, 0.717) is 21.6 Å². The highest BCUT2D eigenvalue weighted by Crippen LogP contribution is 2.43. The van der Waals surface area contributed by atoms with Gasteiger partial charge >= 0.3 is 5.63 Å². The Balaban J connectivity index is 2.07. The second-order valence-corrected chi connectivity index (χ2v) is 6.69. The van der Waals surface area contributed by atoms with Gasteiger partial charge in [0.25, 0.3) is 0 Å². The van der Waals surface area contributed by atoms with Crippen molar-refractivity contribution < 1.29 is 13.9 Å². The normalized spacial score (nSPS) is 15.5. The molecule has 3 aromatic rings. The molecule has 0 spiro atoms. The molecule has 6 nitrogen and oxygen atoms in total. The monoisotopic (exact) mass is 392 g/mol. The standard InChI is InChI=1S/C21H13ClN2O4/c1-11(25)24-20-15(10-23)17(12-6-8-13(22)9-7-12)18-19(28-20)14-4-2-3-5-16(14)27-21(18)26/h2-9,17H,1H3,(H,24,25). The van der Waals surface area contributed by atoms with Crippen LogP contribution in [0.2, 0.25) is 5.02 Å². The van der Waals surface area contributed by atoms with Crippen LogP contribution in [0.4, 0.5) is 0 Å². The number of nitrogens with zero attached hydrogens (tertiary/aromatic N) is 1. The lowest BCUT2D eigenvalue weighted by Crippen LogP contribution is -2.31. The molecule has 0 aliphatic carbocycles. The predicted molar refractivity (Wildman–Crippen MR) is 103 cm³/mol. The van der Waals surface area contributed by atoms with Gasteiger partial charge in [-0.1, -0.05) is 35.9 Å². The lowest BCUT2D eigenvalue weighted by Gasteiger charge is -2.27. The highest BCUT2D eigenvalue weighted by molar-refractivity contribution is 6.30. The zero-order valence-corrected chi connectivity index (χ0v) is 15.4. The first-order valence-corrected chi connectivity index (χ1v) is 8.78. The summed E-state index contributed by atoms with van der Waals surface area (Å²) in [6.07, 6.45) is 0. The lowest BCUT2D eigenvalue weighted by atomic mass is 9.84. The zero-order chi connectivity index (χ0) is 19.8. The number of carbonyl (C=O) groups is 1. The number of nitrogens with one attached hydrogen (secondary N) is 1. The van der Waals surface area contributed by atoms with Gasteiger partial charge in [0.05, 0.1) is 16.9 Å². The summed E-state index contributed by atoms with van der Waals surface area (Å²) in [6, 6.07) is 15.8. The summed E-state index contributed by atoms with van der Waals surface area (Å²) in [5.41, 5.74) is 0.696. The van der Waals surface area contributed by atoms with Crippen molar-refractivity contribution in [2.45, 2.75) is 12.8 Å². The summed E-state index contributed by atoms with van der Waals surface area (Å²) >= 11 is 5.99. The summed E-state index contributed by atoms with van der Waals surface area (Å²) in [7, 11) is 0. The first-order valence-electron chi connectivity index (χ1n) is 8.40. The molecule has 1 aliphatic rings. The maximum absolute atomic E-state index is 12.8. The topological polar surface area (TPSA) is 92.3 Å².